The fourth-order valence-electron chi connectivity index (χ4n) is 2.19. The van der Waals surface area contributed by atoms with E-state index in [4.69, 9.17) is 0 Å². The van der Waals surface area contributed by atoms with Crippen LogP contribution < -0.4 is 5.32 Å². The van der Waals surface area contributed by atoms with Crippen LogP contribution in [0, 0.1) is 5.41 Å². The molecule has 0 fully saturated rings. The average Bonchev–Trinajstić information content (AvgIpc) is 2.48. The van der Waals surface area contributed by atoms with Gasteiger partial charge in [0.05, 0.1) is 5.75 Å². The summed E-state index contributed by atoms with van der Waals surface area (Å²) in [5, 5.41) is 3.35. The van der Waals surface area contributed by atoms with Crippen LogP contribution >= 0.6 is 15.9 Å². The molecule has 0 bridgehead atoms. The molecule has 1 aromatic rings. The predicted octanol–water partition coefficient (Wildman–Crippen LogP) is 2.92. The van der Waals surface area contributed by atoms with Crippen molar-refractivity contribution in [2.24, 2.45) is 10.4 Å². The SMILES string of the molecule is CN=C(NCC(C)(C)CCS(C)(=O)=O)N(C)Cc1ccc(Br)cc1. The van der Waals surface area contributed by atoms with Gasteiger partial charge in [-0.15, -0.1) is 0 Å². The van der Waals surface area contributed by atoms with E-state index in [0.29, 0.717) is 13.0 Å². The smallest absolute Gasteiger partial charge is 0.193 e. The second kappa shape index (κ2) is 8.85. The zero-order valence-electron chi connectivity index (χ0n) is 15.1. The Morgan fingerprint density at radius 3 is 2.38 bits per heavy atom. The van der Waals surface area contributed by atoms with Gasteiger partial charge in [-0.3, -0.25) is 4.99 Å². The molecule has 0 spiro atoms. The molecule has 0 atom stereocenters. The summed E-state index contributed by atoms with van der Waals surface area (Å²) in [5.41, 5.74) is 1.07. The molecule has 0 amide bonds. The van der Waals surface area contributed by atoms with E-state index in [1.165, 1.54) is 11.8 Å². The van der Waals surface area contributed by atoms with E-state index in [-0.39, 0.29) is 11.2 Å². The molecule has 0 aromatic heterocycles. The van der Waals surface area contributed by atoms with E-state index < -0.39 is 9.84 Å². The molecule has 0 unspecified atom stereocenters. The summed E-state index contributed by atoms with van der Waals surface area (Å²) in [7, 11) is 0.807. The number of nitrogens with zero attached hydrogens (tertiary/aromatic N) is 2. The minimum atomic E-state index is -2.93. The molecule has 0 radical (unpaired) electrons. The summed E-state index contributed by atoms with van der Waals surface area (Å²) in [4.78, 5) is 6.37. The number of halogens is 1. The number of benzene rings is 1. The fraction of sp³-hybridized carbons (Fsp3) is 0.588. The molecule has 5 nitrogen and oxygen atoms in total. The standard InChI is InChI=1S/C17H28BrN3O2S/c1-17(2,10-11-24(5,22)23)13-20-16(19-3)21(4)12-14-6-8-15(18)9-7-14/h6-9H,10-13H2,1-5H3,(H,19,20). The van der Waals surface area contributed by atoms with Crippen LogP contribution in [-0.4, -0.2) is 51.9 Å². The number of nitrogens with one attached hydrogen (secondary N) is 1. The van der Waals surface area contributed by atoms with E-state index in [0.717, 1.165) is 17.0 Å². The van der Waals surface area contributed by atoms with Crippen molar-refractivity contribution in [2.75, 3.05) is 32.6 Å². The van der Waals surface area contributed by atoms with Gasteiger partial charge in [0, 0.05) is 37.9 Å². The molecule has 136 valence electrons. The third kappa shape index (κ3) is 8.15. The second-order valence-electron chi connectivity index (χ2n) is 6.93. The number of hydrogen-bond acceptors (Lipinski definition) is 3. The summed E-state index contributed by atoms with van der Waals surface area (Å²) in [6.45, 7) is 5.54. The second-order valence-corrected chi connectivity index (χ2v) is 10.1. The van der Waals surface area contributed by atoms with Crippen LogP contribution in [0.3, 0.4) is 0 Å². The van der Waals surface area contributed by atoms with Gasteiger partial charge in [-0.2, -0.15) is 0 Å². The van der Waals surface area contributed by atoms with Crippen molar-refractivity contribution in [1.82, 2.24) is 10.2 Å². The lowest BCUT2D eigenvalue weighted by Gasteiger charge is -2.28. The zero-order chi connectivity index (χ0) is 18.4. The van der Waals surface area contributed by atoms with Crippen molar-refractivity contribution >= 4 is 31.7 Å². The molecule has 0 aliphatic rings. The van der Waals surface area contributed by atoms with Gasteiger partial charge in [0.2, 0.25) is 0 Å². The van der Waals surface area contributed by atoms with Gasteiger partial charge in [0.25, 0.3) is 0 Å². The molecule has 0 heterocycles. The maximum Gasteiger partial charge on any atom is 0.193 e. The molecular formula is C17H28BrN3O2S. The minimum absolute atomic E-state index is 0.128. The van der Waals surface area contributed by atoms with Crippen molar-refractivity contribution in [1.29, 1.82) is 0 Å². The maximum absolute atomic E-state index is 11.4. The highest BCUT2D eigenvalue weighted by Gasteiger charge is 2.21. The summed E-state index contributed by atoms with van der Waals surface area (Å²) >= 11 is 3.44. The van der Waals surface area contributed by atoms with E-state index in [1.54, 1.807) is 7.05 Å². The number of guanidine groups is 1. The lowest BCUT2D eigenvalue weighted by atomic mass is 9.90. The Kier molecular flexibility index (Phi) is 7.73. The zero-order valence-corrected chi connectivity index (χ0v) is 17.5. The van der Waals surface area contributed by atoms with Crippen LogP contribution in [0.5, 0.6) is 0 Å². The molecule has 0 saturated carbocycles. The van der Waals surface area contributed by atoms with Crippen LogP contribution in [0.2, 0.25) is 0 Å². The van der Waals surface area contributed by atoms with E-state index >= 15 is 0 Å². The minimum Gasteiger partial charge on any atom is -0.356 e. The molecule has 1 N–H and O–H groups in total. The van der Waals surface area contributed by atoms with E-state index in [2.05, 4.69) is 57.1 Å². The summed E-state index contributed by atoms with van der Waals surface area (Å²) < 4.78 is 23.8. The first-order chi connectivity index (χ1) is 11.0. The average molecular weight is 418 g/mol. The number of rotatable bonds is 7. The van der Waals surface area contributed by atoms with Gasteiger partial charge in [0.1, 0.15) is 9.84 Å². The Balaban J connectivity index is 2.58. The Hall–Kier alpha value is -1.08. The highest BCUT2D eigenvalue weighted by Crippen LogP contribution is 2.20. The van der Waals surface area contributed by atoms with E-state index in [9.17, 15) is 8.42 Å². The number of hydrogen-bond donors (Lipinski definition) is 1. The van der Waals surface area contributed by atoms with Crippen LogP contribution in [0.15, 0.2) is 33.7 Å². The summed E-state index contributed by atoms with van der Waals surface area (Å²) in [6, 6.07) is 8.19. The summed E-state index contributed by atoms with van der Waals surface area (Å²) in [6.07, 6.45) is 1.90. The Labute approximate surface area is 154 Å². The fourth-order valence-corrected chi connectivity index (χ4v) is 3.38. The van der Waals surface area contributed by atoms with Crippen molar-refractivity contribution < 1.29 is 8.42 Å². The first-order valence-electron chi connectivity index (χ1n) is 7.86. The quantitative estimate of drug-likeness (QED) is 0.547. The van der Waals surface area contributed by atoms with Crippen LogP contribution in [0.4, 0.5) is 0 Å². The van der Waals surface area contributed by atoms with Crippen molar-refractivity contribution in [2.45, 2.75) is 26.8 Å². The highest BCUT2D eigenvalue weighted by molar-refractivity contribution is 9.10. The Bertz CT molecular complexity index is 655. The molecule has 24 heavy (non-hydrogen) atoms. The Morgan fingerprint density at radius 1 is 1.29 bits per heavy atom. The molecule has 7 heteroatoms. The maximum atomic E-state index is 11.4. The van der Waals surface area contributed by atoms with Crippen molar-refractivity contribution in [3.05, 3.63) is 34.3 Å². The lowest BCUT2D eigenvalue weighted by molar-refractivity contribution is 0.340. The first kappa shape index (κ1) is 21.0. The largest absolute Gasteiger partial charge is 0.356 e. The number of aliphatic imine (C=N–C) groups is 1. The topological polar surface area (TPSA) is 61.8 Å². The van der Waals surface area contributed by atoms with Crippen molar-refractivity contribution in [3.8, 4) is 0 Å². The van der Waals surface area contributed by atoms with Gasteiger partial charge < -0.3 is 10.2 Å². The summed E-state index contributed by atoms with van der Waals surface area (Å²) in [5.74, 6) is 1.00. The first-order valence-corrected chi connectivity index (χ1v) is 10.7. The van der Waals surface area contributed by atoms with Crippen LogP contribution in [-0.2, 0) is 16.4 Å². The number of sulfone groups is 1. The molecule has 0 aliphatic heterocycles. The molecule has 1 aromatic carbocycles. The molecular weight excluding hydrogens is 390 g/mol. The van der Waals surface area contributed by atoms with Gasteiger partial charge in [-0.1, -0.05) is 41.9 Å². The van der Waals surface area contributed by atoms with Crippen LogP contribution in [0.1, 0.15) is 25.8 Å². The lowest BCUT2D eigenvalue weighted by Crippen LogP contribution is -2.43. The van der Waals surface area contributed by atoms with Gasteiger partial charge >= 0.3 is 0 Å². The molecule has 0 aliphatic carbocycles. The molecule has 0 saturated heterocycles. The Morgan fingerprint density at radius 2 is 1.88 bits per heavy atom. The van der Waals surface area contributed by atoms with E-state index in [1.807, 2.05) is 19.2 Å². The normalized spacial score (nSPS) is 13.0. The predicted molar refractivity (Wildman–Crippen MR) is 105 cm³/mol. The highest BCUT2D eigenvalue weighted by atomic mass is 79.9. The third-order valence-corrected chi connectivity index (χ3v) is 5.26. The molecule has 1 rings (SSSR count). The monoisotopic (exact) mass is 417 g/mol. The third-order valence-electron chi connectivity index (χ3n) is 3.78. The van der Waals surface area contributed by atoms with Gasteiger partial charge in [-0.25, -0.2) is 8.42 Å². The van der Waals surface area contributed by atoms with Crippen molar-refractivity contribution in [3.63, 3.8) is 0 Å². The van der Waals surface area contributed by atoms with Gasteiger partial charge in [0.15, 0.2) is 5.96 Å². The van der Waals surface area contributed by atoms with Crippen LogP contribution in [0.25, 0.3) is 0 Å². The van der Waals surface area contributed by atoms with Gasteiger partial charge in [-0.05, 0) is 29.5 Å².